The standard InChI is InChI=1S/C13H19F2NO3S/c1-13(2,3)16-7-10(17)8-20(18,19)12-5-4-9(14)6-11(12)15/h4-6,10,16-17H,7-8H2,1-3H3. The van der Waals surface area contributed by atoms with E-state index in [1.807, 2.05) is 20.8 Å². The highest BCUT2D eigenvalue weighted by Crippen LogP contribution is 2.17. The number of hydrogen-bond donors (Lipinski definition) is 2. The minimum atomic E-state index is -4.01. The highest BCUT2D eigenvalue weighted by molar-refractivity contribution is 7.91. The number of sulfone groups is 1. The molecule has 1 aromatic rings. The molecule has 0 aromatic heterocycles. The first-order chi connectivity index (χ1) is 9.01. The molecule has 1 rings (SSSR count). The van der Waals surface area contributed by atoms with Gasteiger partial charge in [-0.25, -0.2) is 17.2 Å². The Labute approximate surface area is 117 Å². The minimum absolute atomic E-state index is 0.0611. The summed E-state index contributed by atoms with van der Waals surface area (Å²) in [4.78, 5) is -0.603. The van der Waals surface area contributed by atoms with Crippen molar-refractivity contribution in [2.75, 3.05) is 12.3 Å². The van der Waals surface area contributed by atoms with Crippen molar-refractivity contribution in [2.45, 2.75) is 37.3 Å². The number of aliphatic hydroxyl groups is 1. The molecule has 0 spiro atoms. The topological polar surface area (TPSA) is 66.4 Å². The molecule has 4 nitrogen and oxygen atoms in total. The largest absolute Gasteiger partial charge is 0.391 e. The van der Waals surface area contributed by atoms with Gasteiger partial charge in [-0.05, 0) is 32.9 Å². The van der Waals surface area contributed by atoms with Crippen LogP contribution in [0.25, 0.3) is 0 Å². The number of β-amino-alcohol motifs (C(OH)–C–C–N with tert-alkyl or cyclic N) is 1. The number of halogens is 2. The summed E-state index contributed by atoms with van der Waals surface area (Å²) in [5.74, 6) is -2.63. The third kappa shape index (κ3) is 5.15. The van der Waals surface area contributed by atoms with E-state index in [1.54, 1.807) is 0 Å². The molecule has 0 aliphatic carbocycles. The predicted octanol–water partition coefficient (Wildman–Crippen LogP) is 1.49. The number of benzene rings is 1. The van der Waals surface area contributed by atoms with Crippen molar-refractivity contribution in [3.05, 3.63) is 29.8 Å². The average Bonchev–Trinajstić information content (AvgIpc) is 2.24. The Kier molecular flexibility index (Phi) is 5.23. The Hall–Kier alpha value is -1.05. The first-order valence-corrected chi connectivity index (χ1v) is 7.77. The highest BCUT2D eigenvalue weighted by Gasteiger charge is 2.24. The normalized spacial score (nSPS) is 14.3. The van der Waals surface area contributed by atoms with Gasteiger partial charge in [0.1, 0.15) is 16.5 Å². The van der Waals surface area contributed by atoms with E-state index in [1.165, 1.54) is 0 Å². The number of rotatable bonds is 5. The second-order valence-electron chi connectivity index (χ2n) is 5.64. The molecule has 114 valence electrons. The van der Waals surface area contributed by atoms with Crippen LogP contribution >= 0.6 is 0 Å². The lowest BCUT2D eigenvalue weighted by molar-refractivity contribution is 0.181. The van der Waals surface area contributed by atoms with Crippen LogP contribution in [0.2, 0.25) is 0 Å². The molecular formula is C13H19F2NO3S. The van der Waals surface area contributed by atoms with Crippen molar-refractivity contribution in [1.82, 2.24) is 5.32 Å². The van der Waals surface area contributed by atoms with Gasteiger partial charge in [-0.2, -0.15) is 0 Å². The summed E-state index contributed by atoms with van der Waals surface area (Å²) in [6, 6.07) is 2.24. The van der Waals surface area contributed by atoms with Gasteiger partial charge in [0, 0.05) is 18.2 Å². The molecule has 7 heteroatoms. The Morgan fingerprint density at radius 3 is 2.40 bits per heavy atom. The molecule has 20 heavy (non-hydrogen) atoms. The summed E-state index contributed by atoms with van der Waals surface area (Å²) in [5.41, 5.74) is -0.272. The van der Waals surface area contributed by atoms with Crippen LogP contribution in [0.1, 0.15) is 20.8 Å². The molecule has 1 atom stereocenters. The molecular weight excluding hydrogens is 288 g/mol. The lowest BCUT2D eigenvalue weighted by Gasteiger charge is -2.22. The molecule has 0 bridgehead atoms. The number of aliphatic hydroxyl groups excluding tert-OH is 1. The summed E-state index contributed by atoms with van der Waals surface area (Å²) >= 11 is 0. The molecule has 0 amide bonds. The molecule has 0 saturated heterocycles. The van der Waals surface area contributed by atoms with Gasteiger partial charge in [-0.1, -0.05) is 0 Å². The van der Waals surface area contributed by atoms with Crippen LogP contribution < -0.4 is 5.32 Å². The zero-order valence-corrected chi connectivity index (χ0v) is 12.5. The molecule has 0 fully saturated rings. The number of hydrogen-bond acceptors (Lipinski definition) is 4. The molecule has 1 unspecified atom stereocenters. The van der Waals surface area contributed by atoms with Crippen molar-refractivity contribution in [3.8, 4) is 0 Å². The lowest BCUT2D eigenvalue weighted by atomic mass is 10.1. The monoisotopic (exact) mass is 307 g/mol. The second-order valence-corrected chi connectivity index (χ2v) is 7.64. The van der Waals surface area contributed by atoms with Crippen molar-refractivity contribution in [3.63, 3.8) is 0 Å². The van der Waals surface area contributed by atoms with E-state index in [0.717, 1.165) is 12.1 Å². The van der Waals surface area contributed by atoms with Gasteiger partial charge in [-0.15, -0.1) is 0 Å². The Morgan fingerprint density at radius 2 is 1.90 bits per heavy atom. The van der Waals surface area contributed by atoms with Gasteiger partial charge in [0.25, 0.3) is 0 Å². The highest BCUT2D eigenvalue weighted by atomic mass is 32.2. The summed E-state index contributed by atoms with van der Waals surface area (Å²) in [6.45, 7) is 5.67. The van der Waals surface area contributed by atoms with Crippen molar-refractivity contribution < 1.29 is 22.3 Å². The fourth-order valence-electron chi connectivity index (χ4n) is 1.55. The summed E-state index contributed by atoms with van der Waals surface area (Å²) < 4.78 is 50.1. The second kappa shape index (κ2) is 6.15. The fourth-order valence-corrected chi connectivity index (χ4v) is 2.99. The maximum atomic E-state index is 13.5. The van der Waals surface area contributed by atoms with Crippen molar-refractivity contribution >= 4 is 9.84 Å². The van der Waals surface area contributed by atoms with Crippen molar-refractivity contribution in [1.29, 1.82) is 0 Å². The van der Waals surface area contributed by atoms with Gasteiger partial charge >= 0.3 is 0 Å². The molecule has 0 heterocycles. The SMILES string of the molecule is CC(C)(C)NCC(O)CS(=O)(=O)c1ccc(F)cc1F. The first kappa shape index (κ1) is 17.0. The Bertz CT molecular complexity index is 567. The minimum Gasteiger partial charge on any atom is -0.391 e. The molecule has 0 aliphatic heterocycles. The van der Waals surface area contributed by atoms with Gasteiger partial charge in [0.05, 0.1) is 11.9 Å². The van der Waals surface area contributed by atoms with Crippen LogP contribution in [0.4, 0.5) is 8.78 Å². The lowest BCUT2D eigenvalue weighted by Crippen LogP contribution is -2.42. The van der Waals surface area contributed by atoms with Gasteiger partial charge in [-0.3, -0.25) is 0 Å². The van der Waals surface area contributed by atoms with E-state index in [-0.39, 0.29) is 12.1 Å². The maximum Gasteiger partial charge on any atom is 0.183 e. The third-order valence-electron chi connectivity index (χ3n) is 2.51. The van der Waals surface area contributed by atoms with E-state index >= 15 is 0 Å². The van der Waals surface area contributed by atoms with Crippen LogP contribution in [0.15, 0.2) is 23.1 Å². The van der Waals surface area contributed by atoms with Crippen molar-refractivity contribution in [2.24, 2.45) is 0 Å². The quantitative estimate of drug-likeness (QED) is 0.809. The predicted molar refractivity (Wildman–Crippen MR) is 72.2 cm³/mol. The molecule has 0 aliphatic rings. The number of nitrogens with one attached hydrogen (secondary N) is 1. The van der Waals surface area contributed by atoms with Crippen LogP contribution in [0, 0.1) is 11.6 Å². The zero-order chi connectivity index (χ0) is 15.6. The molecule has 0 saturated carbocycles. The van der Waals surface area contributed by atoms with Crippen LogP contribution in [0.5, 0.6) is 0 Å². The van der Waals surface area contributed by atoms with E-state index in [2.05, 4.69) is 5.32 Å². The summed E-state index contributed by atoms with van der Waals surface area (Å²) in [6.07, 6.45) is -1.18. The van der Waals surface area contributed by atoms with Gasteiger partial charge < -0.3 is 10.4 Å². The summed E-state index contributed by atoms with van der Waals surface area (Å²) in [7, 11) is -4.01. The maximum absolute atomic E-state index is 13.5. The first-order valence-electron chi connectivity index (χ1n) is 6.12. The summed E-state index contributed by atoms with van der Waals surface area (Å²) in [5, 5.41) is 12.7. The molecule has 1 aromatic carbocycles. The van der Waals surface area contributed by atoms with Gasteiger partial charge in [0.2, 0.25) is 0 Å². The van der Waals surface area contributed by atoms with E-state index in [0.29, 0.717) is 6.07 Å². The molecule has 0 radical (unpaired) electrons. The fraction of sp³-hybridized carbons (Fsp3) is 0.538. The Morgan fingerprint density at radius 1 is 1.30 bits per heavy atom. The smallest absolute Gasteiger partial charge is 0.183 e. The van der Waals surface area contributed by atoms with Crippen LogP contribution in [-0.2, 0) is 9.84 Å². The third-order valence-corrected chi connectivity index (χ3v) is 4.33. The Balaban J connectivity index is 2.79. The van der Waals surface area contributed by atoms with E-state index < -0.39 is 38.2 Å². The van der Waals surface area contributed by atoms with Gasteiger partial charge in [0.15, 0.2) is 9.84 Å². The molecule has 2 N–H and O–H groups in total. The van der Waals surface area contributed by atoms with E-state index in [9.17, 15) is 22.3 Å². The van der Waals surface area contributed by atoms with E-state index in [4.69, 9.17) is 0 Å². The average molecular weight is 307 g/mol. The van der Waals surface area contributed by atoms with Crippen LogP contribution in [-0.4, -0.2) is 37.5 Å². The zero-order valence-electron chi connectivity index (χ0n) is 11.7. The van der Waals surface area contributed by atoms with Crippen LogP contribution in [0.3, 0.4) is 0 Å².